The molecule has 2 aromatic rings. The molecule has 128 valence electrons. The number of carbonyl (C=O) groups is 1. The number of carbonyl (C=O) groups excluding carboxylic acids is 1. The van der Waals surface area contributed by atoms with Crippen LogP contribution in [0.2, 0.25) is 0 Å². The van der Waals surface area contributed by atoms with Crippen LogP contribution in [0.5, 0.6) is 5.75 Å². The monoisotopic (exact) mass is 684 g/mol. The zero-order valence-corrected chi connectivity index (χ0v) is 19.3. The lowest BCUT2D eigenvalue weighted by atomic mass is 10.1. The fourth-order valence-electron chi connectivity index (χ4n) is 1.92. The van der Waals surface area contributed by atoms with E-state index in [1.165, 1.54) is 12.1 Å². The van der Waals surface area contributed by atoms with Gasteiger partial charge in [0.15, 0.2) is 0 Å². The molecule has 0 heterocycles. The van der Waals surface area contributed by atoms with E-state index in [1.54, 1.807) is 45.2 Å². The van der Waals surface area contributed by atoms with Crippen molar-refractivity contribution in [2.24, 2.45) is 0 Å². The molecule has 5 nitrogen and oxygen atoms in total. The highest BCUT2D eigenvalue weighted by Crippen LogP contribution is 2.29. The highest BCUT2D eigenvalue weighted by molar-refractivity contribution is 14.1. The molecule has 0 aliphatic rings. The molecular weight excluding hydrogens is 673 g/mol. The summed E-state index contributed by atoms with van der Waals surface area (Å²) in [6, 6.07) is 10.7. The molecule has 0 atom stereocenters. The first kappa shape index (κ1) is 20.3. The summed E-state index contributed by atoms with van der Waals surface area (Å²) in [7, 11) is -4.32. The molecule has 1 N–H and O–H groups in total. The van der Waals surface area contributed by atoms with E-state index < -0.39 is 16.1 Å². The Labute approximate surface area is 180 Å². The fourth-order valence-corrected chi connectivity index (χ4v) is 6.27. The molecule has 0 spiro atoms. The number of halogens is 3. The summed E-state index contributed by atoms with van der Waals surface area (Å²) >= 11 is 5.78. The van der Waals surface area contributed by atoms with Gasteiger partial charge in [-0.1, -0.05) is 12.1 Å². The molecule has 0 bridgehead atoms. The molecule has 0 aromatic heterocycles. The van der Waals surface area contributed by atoms with Crippen LogP contribution >= 0.6 is 67.8 Å². The molecule has 0 saturated heterocycles. The van der Waals surface area contributed by atoms with Crippen molar-refractivity contribution >= 4 is 83.9 Å². The van der Waals surface area contributed by atoms with Gasteiger partial charge in [0.1, 0.15) is 10.6 Å². The molecule has 0 unspecified atom stereocenters. The van der Waals surface area contributed by atoms with Gasteiger partial charge in [-0.25, -0.2) is 0 Å². The van der Waals surface area contributed by atoms with Gasteiger partial charge >= 0.3 is 5.97 Å². The molecule has 9 heteroatoms. The summed E-state index contributed by atoms with van der Waals surface area (Å²) in [5.74, 6) is -0.149. The minimum atomic E-state index is -4.32. The van der Waals surface area contributed by atoms with Crippen molar-refractivity contribution in [3.8, 4) is 5.75 Å². The average molecular weight is 684 g/mol. The third-order valence-electron chi connectivity index (χ3n) is 2.99. The maximum atomic E-state index is 12.0. The maximum absolute atomic E-state index is 12.0. The van der Waals surface area contributed by atoms with E-state index in [0.717, 1.165) is 9.13 Å². The molecule has 0 saturated carbocycles. The van der Waals surface area contributed by atoms with Crippen molar-refractivity contribution in [2.75, 3.05) is 0 Å². The van der Waals surface area contributed by atoms with Gasteiger partial charge in [-0.05, 0) is 104 Å². The van der Waals surface area contributed by atoms with E-state index in [0.29, 0.717) is 13.6 Å². The van der Waals surface area contributed by atoms with Gasteiger partial charge in [-0.15, -0.1) is 0 Å². The second-order valence-corrected chi connectivity index (χ2v) is 9.72. The number of ether oxygens (including phenoxy) is 1. The number of rotatable bonds is 5. The zero-order valence-electron chi connectivity index (χ0n) is 12.0. The zero-order chi connectivity index (χ0) is 17.9. The molecule has 24 heavy (non-hydrogen) atoms. The number of hydrogen-bond donors (Lipinski definition) is 1. The van der Waals surface area contributed by atoms with Gasteiger partial charge in [0.25, 0.3) is 10.1 Å². The number of esters is 1. The van der Waals surface area contributed by atoms with Gasteiger partial charge in [-0.3, -0.25) is 9.35 Å². The van der Waals surface area contributed by atoms with Crippen LogP contribution in [0, 0.1) is 10.7 Å². The Morgan fingerprint density at radius 1 is 1.04 bits per heavy atom. The Bertz CT molecular complexity index is 840. The highest BCUT2D eigenvalue weighted by atomic mass is 127. The van der Waals surface area contributed by atoms with Crippen molar-refractivity contribution < 1.29 is 22.5 Å². The van der Waals surface area contributed by atoms with Crippen molar-refractivity contribution in [1.29, 1.82) is 0 Å². The topological polar surface area (TPSA) is 80.7 Å². The quantitative estimate of drug-likeness (QED) is 0.220. The van der Waals surface area contributed by atoms with Crippen LogP contribution in [0.3, 0.4) is 0 Å². The van der Waals surface area contributed by atoms with Crippen LogP contribution in [0.15, 0.2) is 41.3 Å². The maximum Gasteiger partial charge on any atom is 0.311 e. The second kappa shape index (κ2) is 8.60. The first-order valence-corrected chi connectivity index (χ1v) is 11.3. The first-order chi connectivity index (χ1) is 11.2. The van der Waals surface area contributed by atoms with Crippen LogP contribution in [0.1, 0.15) is 12.0 Å². The summed E-state index contributed by atoms with van der Waals surface area (Å²) in [5.41, 5.74) is 1.04. The summed E-state index contributed by atoms with van der Waals surface area (Å²) in [4.78, 5) is 11.8. The van der Waals surface area contributed by atoms with Crippen LogP contribution in [0.25, 0.3) is 0 Å². The number of hydrogen-bond acceptors (Lipinski definition) is 4. The summed E-state index contributed by atoms with van der Waals surface area (Å²) in [6.07, 6.45) is 0.779. The van der Waals surface area contributed by atoms with Crippen molar-refractivity contribution in [3.63, 3.8) is 0 Å². The van der Waals surface area contributed by atoms with Crippen molar-refractivity contribution in [1.82, 2.24) is 0 Å². The smallest absolute Gasteiger partial charge is 0.311 e. The standard InChI is InChI=1S/C15H11I3O5S/c16-10-4-1-9(2-5-10)3-6-14(19)23-11-7-12(17)15(13(18)8-11)24(20,21)22/h1-2,4-5,7-8H,3,6H2,(H,20,21,22). The van der Waals surface area contributed by atoms with E-state index in [4.69, 9.17) is 4.74 Å². The van der Waals surface area contributed by atoms with Crippen LogP contribution < -0.4 is 4.74 Å². The SMILES string of the molecule is O=C(CCc1ccc(I)cc1)Oc1cc(I)c(S(=O)(=O)O)c(I)c1. The van der Waals surface area contributed by atoms with E-state index in [2.05, 4.69) is 22.6 Å². The molecule has 0 radical (unpaired) electrons. The normalized spacial score (nSPS) is 11.3. The van der Waals surface area contributed by atoms with E-state index >= 15 is 0 Å². The van der Waals surface area contributed by atoms with Crippen molar-refractivity contribution in [3.05, 3.63) is 52.7 Å². The van der Waals surface area contributed by atoms with Gasteiger partial charge in [-0.2, -0.15) is 8.42 Å². The van der Waals surface area contributed by atoms with Gasteiger partial charge in [0.05, 0.1) is 0 Å². The molecule has 0 aliphatic heterocycles. The number of benzene rings is 2. The lowest BCUT2D eigenvalue weighted by molar-refractivity contribution is -0.134. The van der Waals surface area contributed by atoms with Gasteiger partial charge in [0.2, 0.25) is 0 Å². The van der Waals surface area contributed by atoms with Crippen LogP contribution in [-0.2, 0) is 21.3 Å². The van der Waals surface area contributed by atoms with Gasteiger partial charge < -0.3 is 4.74 Å². The molecule has 0 aliphatic carbocycles. The summed E-state index contributed by atoms with van der Waals surface area (Å²) in [5, 5.41) is 0. The minimum absolute atomic E-state index is 0.178. The third-order valence-corrected chi connectivity index (χ3v) is 7.10. The van der Waals surface area contributed by atoms with Crippen LogP contribution in [0.4, 0.5) is 0 Å². The largest absolute Gasteiger partial charge is 0.426 e. The second-order valence-electron chi connectivity index (χ2n) is 4.79. The Morgan fingerprint density at radius 3 is 2.08 bits per heavy atom. The first-order valence-electron chi connectivity index (χ1n) is 6.58. The molecule has 2 rings (SSSR count). The number of aryl methyl sites for hydroxylation is 1. The molecule has 0 amide bonds. The Balaban J connectivity index is 2.05. The van der Waals surface area contributed by atoms with Gasteiger partial charge in [0, 0.05) is 17.1 Å². The lowest BCUT2D eigenvalue weighted by Crippen LogP contribution is -2.11. The van der Waals surface area contributed by atoms with E-state index in [-0.39, 0.29) is 17.1 Å². The Morgan fingerprint density at radius 2 is 1.58 bits per heavy atom. The predicted octanol–water partition coefficient (Wildman–Crippen LogP) is 4.29. The molecular formula is C15H11I3O5S. The predicted molar refractivity (Wildman–Crippen MR) is 115 cm³/mol. The molecule has 0 fully saturated rings. The van der Waals surface area contributed by atoms with Crippen molar-refractivity contribution in [2.45, 2.75) is 17.7 Å². The Kier molecular flexibility index (Phi) is 7.28. The average Bonchev–Trinajstić information content (AvgIpc) is 2.44. The Hall–Kier alpha value is 0.01000. The summed E-state index contributed by atoms with van der Waals surface area (Å²) < 4.78 is 38.8. The molecule has 2 aromatic carbocycles. The van der Waals surface area contributed by atoms with Crippen LogP contribution in [-0.4, -0.2) is 18.9 Å². The van der Waals surface area contributed by atoms with E-state index in [1.807, 2.05) is 24.3 Å². The minimum Gasteiger partial charge on any atom is -0.426 e. The fraction of sp³-hybridized carbons (Fsp3) is 0.133. The summed E-state index contributed by atoms with van der Waals surface area (Å²) in [6.45, 7) is 0. The highest BCUT2D eigenvalue weighted by Gasteiger charge is 2.20. The van der Waals surface area contributed by atoms with E-state index in [9.17, 15) is 17.8 Å². The lowest BCUT2D eigenvalue weighted by Gasteiger charge is -2.09. The third kappa shape index (κ3) is 5.78.